The van der Waals surface area contributed by atoms with E-state index in [1.165, 1.54) is 16.4 Å². The molecule has 0 aliphatic carbocycles. The molecule has 6 heteroatoms. The van der Waals surface area contributed by atoms with E-state index in [9.17, 15) is 8.42 Å². The van der Waals surface area contributed by atoms with Crippen LogP contribution in [0.3, 0.4) is 0 Å². The van der Waals surface area contributed by atoms with Gasteiger partial charge in [0.1, 0.15) is 0 Å². The van der Waals surface area contributed by atoms with Gasteiger partial charge in [-0.3, -0.25) is 0 Å². The molecule has 19 heavy (non-hydrogen) atoms. The molecule has 0 aliphatic heterocycles. The average molecular weight is 303 g/mol. The highest BCUT2D eigenvalue weighted by Crippen LogP contribution is 2.24. The Morgan fingerprint density at radius 3 is 2.53 bits per heavy atom. The van der Waals surface area contributed by atoms with Crippen molar-refractivity contribution in [2.24, 2.45) is 5.73 Å². The quantitative estimate of drug-likeness (QED) is 0.821. The topological polar surface area (TPSA) is 63.4 Å². The van der Waals surface area contributed by atoms with E-state index in [0.717, 1.165) is 5.56 Å². The highest BCUT2D eigenvalue weighted by molar-refractivity contribution is 7.89. The van der Waals surface area contributed by atoms with Gasteiger partial charge in [0.15, 0.2) is 0 Å². The average Bonchev–Trinajstić information content (AvgIpc) is 2.35. The lowest BCUT2D eigenvalue weighted by Gasteiger charge is -2.24. The number of hydrogen-bond acceptors (Lipinski definition) is 3. The van der Waals surface area contributed by atoms with Gasteiger partial charge in [0.25, 0.3) is 0 Å². The monoisotopic (exact) mass is 302 g/mol. The summed E-state index contributed by atoms with van der Waals surface area (Å²) in [5, 5.41) is 0.367. The first-order valence-corrected chi connectivity index (χ1v) is 7.77. The number of halogens is 1. The van der Waals surface area contributed by atoms with Crippen LogP contribution >= 0.6 is 11.6 Å². The third-order valence-corrected chi connectivity index (χ3v) is 5.13. The van der Waals surface area contributed by atoms with Crippen LogP contribution in [-0.4, -0.2) is 25.3 Å². The summed E-state index contributed by atoms with van der Waals surface area (Å²) in [6.07, 6.45) is 1.56. The number of hydrogen-bond donors (Lipinski definition) is 1. The molecular weight excluding hydrogens is 284 g/mol. The van der Waals surface area contributed by atoms with E-state index in [0.29, 0.717) is 5.02 Å². The van der Waals surface area contributed by atoms with Crippen LogP contribution in [0.4, 0.5) is 0 Å². The number of rotatable bonds is 6. The molecule has 1 aromatic carbocycles. The molecule has 0 atom stereocenters. The Morgan fingerprint density at radius 2 is 2.11 bits per heavy atom. The van der Waals surface area contributed by atoms with E-state index in [2.05, 4.69) is 6.58 Å². The summed E-state index contributed by atoms with van der Waals surface area (Å²) >= 11 is 6.01. The number of nitrogens with two attached hydrogens (primary N) is 1. The molecule has 0 radical (unpaired) electrons. The molecule has 0 amide bonds. The third-order valence-electron chi connectivity index (χ3n) is 2.74. The second-order valence-electron chi connectivity index (χ2n) is 4.41. The van der Waals surface area contributed by atoms with Crippen LogP contribution < -0.4 is 5.73 Å². The lowest BCUT2D eigenvalue weighted by atomic mass is 10.2. The van der Waals surface area contributed by atoms with Gasteiger partial charge in [0.05, 0.1) is 4.90 Å². The van der Waals surface area contributed by atoms with Gasteiger partial charge in [0.2, 0.25) is 10.0 Å². The van der Waals surface area contributed by atoms with Crippen molar-refractivity contribution in [3.63, 3.8) is 0 Å². The highest BCUT2D eigenvalue weighted by atomic mass is 35.5. The van der Waals surface area contributed by atoms with Crippen molar-refractivity contribution in [2.45, 2.75) is 31.3 Å². The maximum absolute atomic E-state index is 12.5. The van der Waals surface area contributed by atoms with E-state index < -0.39 is 10.0 Å². The van der Waals surface area contributed by atoms with Gasteiger partial charge in [-0.15, -0.1) is 6.58 Å². The Hall–Kier alpha value is -0.880. The van der Waals surface area contributed by atoms with E-state index in [-0.39, 0.29) is 24.0 Å². The highest BCUT2D eigenvalue weighted by Gasteiger charge is 2.26. The summed E-state index contributed by atoms with van der Waals surface area (Å²) in [5.74, 6) is 0. The van der Waals surface area contributed by atoms with Crippen LogP contribution in [0, 0.1) is 0 Å². The van der Waals surface area contributed by atoms with Crippen LogP contribution in [0.2, 0.25) is 5.02 Å². The minimum absolute atomic E-state index is 0.157. The van der Waals surface area contributed by atoms with Gasteiger partial charge in [0, 0.05) is 24.2 Å². The summed E-state index contributed by atoms with van der Waals surface area (Å²) in [6.45, 7) is 7.76. The summed E-state index contributed by atoms with van der Waals surface area (Å²) in [5.41, 5.74) is 6.23. The molecular formula is C13H19ClN2O2S. The summed E-state index contributed by atoms with van der Waals surface area (Å²) in [4.78, 5) is 0.172. The molecule has 0 fully saturated rings. The molecule has 1 rings (SSSR count). The molecule has 1 aromatic rings. The first-order chi connectivity index (χ1) is 8.84. The first kappa shape index (κ1) is 16.2. The second kappa shape index (κ2) is 6.52. The van der Waals surface area contributed by atoms with E-state index in [1.807, 2.05) is 13.8 Å². The minimum Gasteiger partial charge on any atom is -0.326 e. The molecule has 4 nitrogen and oxygen atoms in total. The predicted molar refractivity (Wildman–Crippen MR) is 78.6 cm³/mol. The lowest BCUT2D eigenvalue weighted by Crippen LogP contribution is -2.37. The summed E-state index contributed by atoms with van der Waals surface area (Å²) in [7, 11) is -3.57. The Bertz CT molecular complexity index is 556. The van der Waals surface area contributed by atoms with Gasteiger partial charge in [-0.05, 0) is 31.5 Å². The van der Waals surface area contributed by atoms with Gasteiger partial charge < -0.3 is 5.73 Å². The van der Waals surface area contributed by atoms with Gasteiger partial charge in [-0.2, -0.15) is 4.31 Å². The largest absolute Gasteiger partial charge is 0.326 e. The van der Waals surface area contributed by atoms with Gasteiger partial charge in [-0.1, -0.05) is 23.7 Å². The molecule has 0 saturated carbocycles. The Labute approximate surface area is 119 Å². The van der Waals surface area contributed by atoms with Crippen molar-refractivity contribution in [1.29, 1.82) is 0 Å². The maximum atomic E-state index is 12.5. The van der Waals surface area contributed by atoms with Crippen LogP contribution in [0.15, 0.2) is 35.7 Å². The zero-order valence-corrected chi connectivity index (χ0v) is 12.7. The Morgan fingerprint density at radius 1 is 1.47 bits per heavy atom. The third kappa shape index (κ3) is 3.57. The van der Waals surface area contributed by atoms with Crippen LogP contribution in [0.5, 0.6) is 0 Å². The lowest BCUT2D eigenvalue weighted by molar-refractivity contribution is 0.383. The van der Waals surface area contributed by atoms with Gasteiger partial charge in [-0.25, -0.2) is 8.42 Å². The Balaban J connectivity index is 3.25. The molecule has 106 valence electrons. The molecule has 0 spiro atoms. The molecule has 0 unspecified atom stereocenters. The zero-order valence-electron chi connectivity index (χ0n) is 11.1. The van der Waals surface area contributed by atoms with Gasteiger partial charge >= 0.3 is 0 Å². The van der Waals surface area contributed by atoms with Crippen LogP contribution in [0.1, 0.15) is 19.4 Å². The Kier molecular flexibility index (Phi) is 5.55. The smallest absolute Gasteiger partial charge is 0.243 e. The van der Waals surface area contributed by atoms with Crippen molar-refractivity contribution in [3.8, 4) is 0 Å². The number of benzene rings is 1. The van der Waals surface area contributed by atoms with Crippen molar-refractivity contribution >= 4 is 21.6 Å². The fraction of sp³-hybridized carbons (Fsp3) is 0.385. The second-order valence-corrected chi connectivity index (χ2v) is 6.71. The van der Waals surface area contributed by atoms with Crippen LogP contribution in [-0.2, 0) is 16.6 Å². The molecule has 0 aromatic heterocycles. The minimum atomic E-state index is -3.57. The normalized spacial score (nSPS) is 12.1. The SMILES string of the molecule is C=CCN(C(C)C)S(=O)(=O)c1ccc(CN)c(Cl)c1. The fourth-order valence-electron chi connectivity index (χ4n) is 1.70. The molecule has 0 saturated heterocycles. The summed E-state index contributed by atoms with van der Waals surface area (Å²) < 4.78 is 26.4. The number of nitrogens with zero attached hydrogens (tertiary/aromatic N) is 1. The summed E-state index contributed by atoms with van der Waals surface area (Å²) in [6, 6.07) is 4.46. The van der Waals surface area contributed by atoms with Crippen molar-refractivity contribution in [1.82, 2.24) is 4.31 Å². The molecule has 2 N–H and O–H groups in total. The standard InChI is InChI=1S/C13H19ClN2O2S/c1-4-7-16(10(2)3)19(17,18)12-6-5-11(9-15)13(14)8-12/h4-6,8,10H,1,7,9,15H2,2-3H3. The van der Waals surface area contributed by atoms with E-state index >= 15 is 0 Å². The molecule has 0 aliphatic rings. The van der Waals surface area contributed by atoms with Crippen LogP contribution in [0.25, 0.3) is 0 Å². The van der Waals surface area contributed by atoms with E-state index in [4.69, 9.17) is 17.3 Å². The maximum Gasteiger partial charge on any atom is 0.243 e. The first-order valence-electron chi connectivity index (χ1n) is 5.95. The predicted octanol–water partition coefficient (Wildman–Crippen LogP) is 2.38. The molecule has 0 bridgehead atoms. The fourth-order valence-corrected chi connectivity index (χ4v) is 3.66. The zero-order chi connectivity index (χ0) is 14.6. The van der Waals surface area contributed by atoms with Crippen molar-refractivity contribution < 1.29 is 8.42 Å². The van der Waals surface area contributed by atoms with E-state index in [1.54, 1.807) is 12.1 Å². The molecule has 0 heterocycles. The van der Waals surface area contributed by atoms with Crippen molar-refractivity contribution in [2.75, 3.05) is 6.54 Å². The van der Waals surface area contributed by atoms with Crippen molar-refractivity contribution in [3.05, 3.63) is 41.4 Å². The number of sulfonamides is 1.